The molecule has 0 saturated heterocycles. The van der Waals surface area contributed by atoms with Gasteiger partial charge in [-0.15, -0.1) is 0 Å². The molecule has 96 valence electrons. The van der Waals surface area contributed by atoms with E-state index in [4.69, 9.17) is 0 Å². The minimum absolute atomic E-state index is 0.607. The van der Waals surface area contributed by atoms with Crippen LogP contribution in [0.5, 0.6) is 0 Å². The molecule has 1 rings (SSSR count). The van der Waals surface area contributed by atoms with Crippen molar-refractivity contribution >= 4 is 0 Å². The second kappa shape index (κ2) is 8.20. The molecule has 3 heteroatoms. The lowest BCUT2D eigenvalue weighted by Crippen LogP contribution is -2.29. The van der Waals surface area contributed by atoms with E-state index in [2.05, 4.69) is 42.2 Å². The van der Waals surface area contributed by atoms with Crippen LogP contribution in [-0.2, 0) is 6.54 Å². The summed E-state index contributed by atoms with van der Waals surface area (Å²) in [6, 6.07) is 6.70. The highest BCUT2D eigenvalue weighted by Gasteiger charge is 2.09. The van der Waals surface area contributed by atoms with Gasteiger partial charge in [0.25, 0.3) is 0 Å². The molecule has 0 bridgehead atoms. The van der Waals surface area contributed by atoms with E-state index in [-0.39, 0.29) is 0 Å². The van der Waals surface area contributed by atoms with E-state index >= 15 is 0 Å². The summed E-state index contributed by atoms with van der Waals surface area (Å²) in [7, 11) is 2.17. The predicted octanol–water partition coefficient (Wildman–Crippen LogP) is 2.29. The number of hydrogen-bond donors (Lipinski definition) is 1. The van der Waals surface area contributed by atoms with Crippen molar-refractivity contribution in [1.29, 1.82) is 0 Å². The third-order valence-corrected chi connectivity index (χ3v) is 3.12. The lowest BCUT2D eigenvalue weighted by atomic mass is 10.1. The summed E-state index contributed by atoms with van der Waals surface area (Å²) in [6.45, 7) is 7.56. The van der Waals surface area contributed by atoms with Crippen LogP contribution < -0.4 is 5.32 Å². The van der Waals surface area contributed by atoms with E-state index in [1.807, 2.05) is 18.3 Å². The normalized spacial score (nSPS) is 12.9. The minimum Gasteiger partial charge on any atom is -0.317 e. The van der Waals surface area contributed by atoms with E-state index in [1.165, 1.54) is 12.8 Å². The molecule has 0 spiro atoms. The van der Waals surface area contributed by atoms with Gasteiger partial charge in [0, 0.05) is 18.8 Å². The van der Waals surface area contributed by atoms with Crippen LogP contribution in [0.3, 0.4) is 0 Å². The monoisotopic (exact) mass is 235 g/mol. The van der Waals surface area contributed by atoms with Crippen molar-refractivity contribution in [2.45, 2.75) is 39.3 Å². The van der Waals surface area contributed by atoms with Crippen molar-refractivity contribution in [3.63, 3.8) is 0 Å². The standard InChI is InChI=1S/C14H25N3/c1-4-15-10-7-8-13(2)17(3)12-14-9-5-6-11-16-14/h5-6,9,11,13,15H,4,7-8,10,12H2,1-3H3. The molecule has 0 aliphatic heterocycles. The van der Waals surface area contributed by atoms with Crippen molar-refractivity contribution in [2.24, 2.45) is 0 Å². The molecule has 1 aromatic rings. The van der Waals surface area contributed by atoms with E-state index in [0.29, 0.717) is 6.04 Å². The van der Waals surface area contributed by atoms with Crippen LogP contribution in [0.4, 0.5) is 0 Å². The fourth-order valence-corrected chi connectivity index (χ4v) is 1.82. The molecule has 17 heavy (non-hydrogen) atoms. The Balaban J connectivity index is 2.24. The van der Waals surface area contributed by atoms with E-state index in [0.717, 1.165) is 25.3 Å². The summed E-state index contributed by atoms with van der Waals surface area (Å²) in [5.74, 6) is 0. The van der Waals surface area contributed by atoms with Gasteiger partial charge in [-0.2, -0.15) is 0 Å². The first-order chi connectivity index (χ1) is 8.24. The zero-order valence-electron chi connectivity index (χ0n) is 11.3. The molecule has 0 radical (unpaired) electrons. The van der Waals surface area contributed by atoms with E-state index in [9.17, 15) is 0 Å². The summed E-state index contributed by atoms with van der Waals surface area (Å²) in [4.78, 5) is 6.73. The van der Waals surface area contributed by atoms with E-state index in [1.54, 1.807) is 0 Å². The number of nitrogens with one attached hydrogen (secondary N) is 1. The molecule has 0 amide bonds. The predicted molar refractivity (Wildman–Crippen MR) is 72.9 cm³/mol. The smallest absolute Gasteiger partial charge is 0.0543 e. The first-order valence-electron chi connectivity index (χ1n) is 6.55. The molecule has 1 aromatic heterocycles. The van der Waals surface area contributed by atoms with Crippen LogP contribution >= 0.6 is 0 Å². The Labute approximate surface area is 105 Å². The average molecular weight is 235 g/mol. The minimum atomic E-state index is 0.607. The van der Waals surface area contributed by atoms with Gasteiger partial charge in [-0.05, 0) is 52.0 Å². The first-order valence-corrected chi connectivity index (χ1v) is 6.55. The van der Waals surface area contributed by atoms with Crippen LogP contribution in [-0.4, -0.2) is 36.1 Å². The first kappa shape index (κ1) is 14.1. The zero-order valence-corrected chi connectivity index (χ0v) is 11.3. The van der Waals surface area contributed by atoms with Gasteiger partial charge in [-0.1, -0.05) is 13.0 Å². The third kappa shape index (κ3) is 5.80. The summed E-state index contributed by atoms with van der Waals surface area (Å²) < 4.78 is 0. The molecule has 0 aromatic carbocycles. The second-order valence-corrected chi connectivity index (χ2v) is 4.58. The van der Waals surface area contributed by atoms with Gasteiger partial charge in [-0.25, -0.2) is 0 Å². The molecule has 0 aliphatic carbocycles. The molecule has 1 unspecified atom stereocenters. The van der Waals surface area contributed by atoms with Gasteiger partial charge >= 0.3 is 0 Å². The Morgan fingerprint density at radius 3 is 2.88 bits per heavy atom. The second-order valence-electron chi connectivity index (χ2n) is 4.58. The average Bonchev–Trinajstić information content (AvgIpc) is 2.35. The summed E-state index contributed by atoms with van der Waals surface area (Å²) >= 11 is 0. The number of nitrogens with zero attached hydrogens (tertiary/aromatic N) is 2. The maximum absolute atomic E-state index is 4.36. The molecular formula is C14H25N3. The van der Waals surface area contributed by atoms with Gasteiger partial charge in [-0.3, -0.25) is 9.88 Å². The fraction of sp³-hybridized carbons (Fsp3) is 0.643. The van der Waals surface area contributed by atoms with Gasteiger partial charge < -0.3 is 5.32 Å². The van der Waals surface area contributed by atoms with Gasteiger partial charge in [0.2, 0.25) is 0 Å². The molecule has 1 N–H and O–H groups in total. The summed E-state index contributed by atoms with van der Waals surface area (Å²) in [5.41, 5.74) is 1.15. The van der Waals surface area contributed by atoms with Crippen molar-refractivity contribution in [1.82, 2.24) is 15.2 Å². The lowest BCUT2D eigenvalue weighted by Gasteiger charge is -2.24. The third-order valence-electron chi connectivity index (χ3n) is 3.12. The lowest BCUT2D eigenvalue weighted by molar-refractivity contribution is 0.232. The van der Waals surface area contributed by atoms with Gasteiger partial charge in [0.05, 0.1) is 5.69 Å². The number of pyridine rings is 1. The maximum Gasteiger partial charge on any atom is 0.0543 e. The number of rotatable bonds is 8. The Morgan fingerprint density at radius 2 is 2.24 bits per heavy atom. The summed E-state index contributed by atoms with van der Waals surface area (Å²) in [6.07, 6.45) is 4.33. The molecule has 3 nitrogen and oxygen atoms in total. The largest absolute Gasteiger partial charge is 0.317 e. The van der Waals surface area contributed by atoms with Crippen LogP contribution in [0.1, 0.15) is 32.4 Å². The van der Waals surface area contributed by atoms with Crippen LogP contribution in [0.25, 0.3) is 0 Å². The quantitative estimate of drug-likeness (QED) is 0.701. The highest BCUT2D eigenvalue weighted by molar-refractivity contribution is 5.03. The molecule has 0 aliphatic rings. The molecular weight excluding hydrogens is 210 g/mol. The Hall–Kier alpha value is -0.930. The molecule has 0 saturated carbocycles. The van der Waals surface area contributed by atoms with E-state index < -0.39 is 0 Å². The topological polar surface area (TPSA) is 28.2 Å². The summed E-state index contributed by atoms with van der Waals surface area (Å²) in [5, 5.41) is 3.36. The van der Waals surface area contributed by atoms with Crippen molar-refractivity contribution < 1.29 is 0 Å². The molecule has 1 atom stereocenters. The maximum atomic E-state index is 4.36. The van der Waals surface area contributed by atoms with Crippen LogP contribution in [0, 0.1) is 0 Å². The van der Waals surface area contributed by atoms with Crippen molar-refractivity contribution in [2.75, 3.05) is 20.1 Å². The number of aromatic nitrogens is 1. The van der Waals surface area contributed by atoms with Gasteiger partial charge in [0.15, 0.2) is 0 Å². The van der Waals surface area contributed by atoms with Gasteiger partial charge in [0.1, 0.15) is 0 Å². The highest BCUT2D eigenvalue weighted by atomic mass is 15.1. The van der Waals surface area contributed by atoms with Crippen molar-refractivity contribution in [3.05, 3.63) is 30.1 Å². The fourth-order valence-electron chi connectivity index (χ4n) is 1.82. The van der Waals surface area contributed by atoms with Crippen LogP contribution in [0.15, 0.2) is 24.4 Å². The van der Waals surface area contributed by atoms with Crippen molar-refractivity contribution in [3.8, 4) is 0 Å². The molecule has 0 fully saturated rings. The Bertz CT molecular complexity index is 287. The van der Waals surface area contributed by atoms with Crippen LogP contribution in [0.2, 0.25) is 0 Å². The molecule has 1 heterocycles. The SMILES string of the molecule is CCNCCCC(C)N(C)Cc1ccccn1. The zero-order chi connectivity index (χ0) is 12.5. The Morgan fingerprint density at radius 1 is 1.41 bits per heavy atom. The highest BCUT2D eigenvalue weighted by Crippen LogP contribution is 2.07. The number of hydrogen-bond acceptors (Lipinski definition) is 3. The Kier molecular flexibility index (Phi) is 6.82.